The highest BCUT2D eigenvalue weighted by atomic mass is 16.1. The fourth-order valence-electron chi connectivity index (χ4n) is 2.21. The Bertz CT molecular complexity index is 262. The van der Waals surface area contributed by atoms with Crippen LogP contribution in [0.2, 0.25) is 0 Å². The zero-order valence-electron chi connectivity index (χ0n) is 9.31. The lowest BCUT2D eigenvalue weighted by Gasteiger charge is -2.31. The Labute approximate surface area is 86.9 Å². The van der Waals surface area contributed by atoms with E-state index in [1.807, 2.05) is 0 Å². The predicted octanol–water partition coefficient (Wildman–Crippen LogP) is 3.51. The fraction of sp³-hybridized carbons (Fsp3) is 0.615. The van der Waals surface area contributed by atoms with Crippen molar-refractivity contribution in [2.75, 3.05) is 0 Å². The summed E-state index contributed by atoms with van der Waals surface area (Å²) in [6, 6.07) is 0. The Hall–Kier alpha value is -0.850. The SMILES string of the molecule is C=C(C)C1CCC(=C)C(CC(C)=O)C1. The Morgan fingerprint density at radius 3 is 2.64 bits per heavy atom. The minimum Gasteiger partial charge on any atom is -0.300 e. The number of hydrogen-bond acceptors (Lipinski definition) is 1. The lowest BCUT2D eigenvalue weighted by molar-refractivity contribution is -0.117. The summed E-state index contributed by atoms with van der Waals surface area (Å²) in [6.45, 7) is 11.8. The molecule has 0 spiro atoms. The molecule has 14 heavy (non-hydrogen) atoms. The van der Waals surface area contributed by atoms with Gasteiger partial charge in [-0.2, -0.15) is 0 Å². The van der Waals surface area contributed by atoms with Gasteiger partial charge in [0.2, 0.25) is 0 Å². The molecule has 1 aliphatic rings. The molecule has 1 fully saturated rings. The van der Waals surface area contributed by atoms with Crippen LogP contribution in [0.5, 0.6) is 0 Å². The van der Waals surface area contributed by atoms with Crippen molar-refractivity contribution >= 4 is 5.78 Å². The fourth-order valence-corrected chi connectivity index (χ4v) is 2.21. The highest BCUT2D eigenvalue weighted by molar-refractivity contribution is 5.76. The van der Waals surface area contributed by atoms with Gasteiger partial charge >= 0.3 is 0 Å². The largest absolute Gasteiger partial charge is 0.300 e. The highest BCUT2D eigenvalue weighted by Gasteiger charge is 2.25. The molecule has 0 heterocycles. The van der Waals surface area contributed by atoms with E-state index < -0.39 is 0 Å². The number of carbonyl (C=O) groups excluding carboxylic acids is 1. The van der Waals surface area contributed by atoms with E-state index in [1.165, 1.54) is 17.6 Å². The summed E-state index contributed by atoms with van der Waals surface area (Å²) in [5.41, 5.74) is 2.52. The number of allylic oxidation sites excluding steroid dienone is 2. The van der Waals surface area contributed by atoms with Gasteiger partial charge in [0.15, 0.2) is 0 Å². The smallest absolute Gasteiger partial charge is 0.130 e. The van der Waals surface area contributed by atoms with Gasteiger partial charge in [0, 0.05) is 6.42 Å². The van der Waals surface area contributed by atoms with Crippen LogP contribution in [0.4, 0.5) is 0 Å². The quantitative estimate of drug-likeness (QED) is 0.625. The van der Waals surface area contributed by atoms with E-state index in [0.29, 0.717) is 18.3 Å². The van der Waals surface area contributed by atoms with Crippen LogP contribution >= 0.6 is 0 Å². The summed E-state index contributed by atoms with van der Waals surface area (Å²) in [5.74, 6) is 1.28. The zero-order chi connectivity index (χ0) is 10.7. The third-order valence-electron chi connectivity index (χ3n) is 3.19. The summed E-state index contributed by atoms with van der Waals surface area (Å²) >= 11 is 0. The first kappa shape index (κ1) is 11.2. The van der Waals surface area contributed by atoms with Gasteiger partial charge < -0.3 is 4.79 Å². The van der Waals surface area contributed by atoms with E-state index in [4.69, 9.17) is 0 Å². The second-order valence-corrected chi connectivity index (χ2v) is 4.58. The number of rotatable bonds is 3. The summed E-state index contributed by atoms with van der Waals surface area (Å²) < 4.78 is 0. The first-order valence-electron chi connectivity index (χ1n) is 5.33. The predicted molar refractivity (Wildman–Crippen MR) is 60.1 cm³/mol. The van der Waals surface area contributed by atoms with Crippen molar-refractivity contribution in [1.29, 1.82) is 0 Å². The van der Waals surface area contributed by atoms with Crippen LogP contribution in [-0.4, -0.2) is 5.78 Å². The van der Waals surface area contributed by atoms with Gasteiger partial charge in [0.1, 0.15) is 5.78 Å². The molecule has 78 valence electrons. The third-order valence-corrected chi connectivity index (χ3v) is 3.19. The molecule has 0 radical (unpaired) electrons. The maximum atomic E-state index is 11.1. The molecule has 0 aromatic heterocycles. The maximum absolute atomic E-state index is 11.1. The van der Waals surface area contributed by atoms with E-state index in [1.54, 1.807) is 6.92 Å². The van der Waals surface area contributed by atoms with Crippen molar-refractivity contribution in [3.8, 4) is 0 Å². The molecule has 0 aromatic carbocycles. The first-order chi connectivity index (χ1) is 6.50. The van der Waals surface area contributed by atoms with E-state index >= 15 is 0 Å². The Morgan fingerprint density at radius 1 is 1.50 bits per heavy atom. The lowest BCUT2D eigenvalue weighted by Crippen LogP contribution is -2.20. The molecule has 2 unspecified atom stereocenters. The minimum atomic E-state index is 0.276. The van der Waals surface area contributed by atoms with E-state index in [0.717, 1.165) is 12.8 Å². The molecular weight excluding hydrogens is 172 g/mol. The van der Waals surface area contributed by atoms with Crippen molar-refractivity contribution in [1.82, 2.24) is 0 Å². The van der Waals surface area contributed by atoms with Gasteiger partial charge in [-0.15, -0.1) is 0 Å². The number of Topliss-reactive ketones (excluding diaryl/α,β-unsaturated/α-hetero) is 1. The molecule has 0 bridgehead atoms. The summed E-state index contributed by atoms with van der Waals surface area (Å²) in [7, 11) is 0. The van der Waals surface area contributed by atoms with Crippen LogP contribution in [-0.2, 0) is 4.79 Å². The number of hydrogen-bond donors (Lipinski definition) is 0. The van der Waals surface area contributed by atoms with E-state index in [2.05, 4.69) is 20.1 Å². The van der Waals surface area contributed by atoms with Crippen molar-refractivity contribution in [2.45, 2.75) is 39.5 Å². The summed E-state index contributed by atoms with van der Waals surface area (Å²) in [6.07, 6.45) is 3.98. The Balaban J connectivity index is 2.59. The monoisotopic (exact) mass is 192 g/mol. The second-order valence-electron chi connectivity index (χ2n) is 4.58. The second kappa shape index (κ2) is 4.59. The van der Waals surface area contributed by atoms with Crippen molar-refractivity contribution in [3.63, 3.8) is 0 Å². The lowest BCUT2D eigenvalue weighted by atomic mass is 9.74. The van der Waals surface area contributed by atoms with Crippen LogP contribution in [0.3, 0.4) is 0 Å². The molecular formula is C13H20O. The molecule has 1 saturated carbocycles. The van der Waals surface area contributed by atoms with Crippen LogP contribution in [0, 0.1) is 11.8 Å². The van der Waals surface area contributed by atoms with Crippen molar-refractivity contribution in [2.24, 2.45) is 11.8 Å². The number of carbonyl (C=O) groups is 1. The average molecular weight is 192 g/mol. The molecule has 0 aromatic rings. The molecule has 0 aliphatic heterocycles. The zero-order valence-corrected chi connectivity index (χ0v) is 9.31. The van der Waals surface area contributed by atoms with Crippen LogP contribution < -0.4 is 0 Å². The minimum absolute atomic E-state index is 0.276. The average Bonchev–Trinajstić information content (AvgIpc) is 2.07. The van der Waals surface area contributed by atoms with Crippen molar-refractivity contribution < 1.29 is 4.79 Å². The highest BCUT2D eigenvalue weighted by Crippen LogP contribution is 2.37. The molecule has 1 heteroatoms. The van der Waals surface area contributed by atoms with Crippen LogP contribution in [0.25, 0.3) is 0 Å². The normalized spacial score (nSPS) is 27.4. The first-order valence-corrected chi connectivity index (χ1v) is 5.33. The number of ketones is 1. The van der Waals surface area contributed by atoms with Crippen molar-refractivity contribution in [3.05, 3.63) is 24.3 Å². The molecule has 0 N–H and O–H groups in total. The summed E-state index contributed by atoms with van der Waals surface area (Å²) in [4.78, 5) is 11.1. The van der Waals surface area contributed by atoms with E-state index in [-0.39, 0.29) is 5.78 Å². The molecule has 0 saturated heterocycles. The molecule has 1 rings (SSSR count). The van der Waals surface area contributed by atoms with Gasteiger partial charge in [0.05, 0.1) is 0 Å². The molecule has 2 atom stereocenters. The van der Waals surface area contributed by atoms with Gasteiger partial charge in [-0.3, -0.25) is 0 Å². The Morgan fingerprint density at radius 2 is 2.14 bits per heavy atom. The maximum Gasteiger partial charge on any atom is 0.130 e. The van der Waals surface area contributed by atoms with Gasteiger partial charge in [-0.05, 0) is 44.9 Å². The van der Waals surface area contributed by atoms with Crippen LogP contribution in [0.1, 0.15) is 39.5 Å². The van der Waals surface area contributed by atoms with Gasteiger partial charge in [-0.1, -0.05) is 24.3 Å². The van der Waals surface area contributed by atoms with E-state index in [9.17, 15) is 4.79 Å². The molecule has 1 aliphatic carbocycles. The summed E-state index contributed by atoms with van der Waals surface area (Å²) in [5, 5.41) is 0. The molecule has 0 amide bonds. The third kappa shape index (κ3) is 2.83. The van der Waals surface area contributed by atoms with Gasteiger partial charge in [0.25, 0.3) is 0 Å². The standard InChI is InChI=1S/C13H20O/c1-9(2)12-6-5-10(3)13(8-12)7-11(4)14/h12-13H,1,3,5-8H2,2,4H3. The van der Waals surface area contributed by atoms with Gasteiger partial charge in [-0.25, -0.2) is 0 Å². The molecule has 1 nitrogen and oxygen atoms in total. The topological polar surface area (TPSA) is 17.1 Å². The van der Waals surface area contributed by atoms with Crippen LogP contribution in [0.15, 0.2) is 24.3 Å². The Kier molecular flexibility index (Phi) is 3.68.